The lowest BCUT2D eigenvalue weighted by molar-refractivity contribution is -0.172. The van der Waals surface area contributed by atoms with Gasteiger partial charge in [-0.25, -0.2) is 0 Å². The van der Waals surface area contributed by atoms with Gasteiger partial charge in [-0.05, 0) is 38.5 Å². The molecule has 0 bridgehead atoms. The molecule has 0 unspecified atom stereocenters. The molecule has 120 valence electrons. The molecule has 0 aliphatic rings. The van der Waals surface area contributed by atoms with E-state index >= 15 is 0 Å². The highest BCUT2D eigenvalue weighted by Crippen LogP contribution is 2.20. The Kier molecular flexibility index (Phi) is 7.03. The molecule has 0 heterocycles. The zero-order chi connectivity index (χ0) is 15.9. The van der Waals surface area contributed by atoms with Gasteiger partial charge < -0.3 is 10.1 Å². The van der Waals surface area contributed by atoms with Gasteiger partial charge in [-0.15, -0.1) is 11.8 Å². The Labute approximate surface area is 128 Å². The number of thioether (sulfide) groups is 1. The molecular formula is C15H22F3NOS. The summed E-state index contributed by atoms with van der Waals surface area (Å²) in [6, 6.07) is 7.99. The molecule has 0 fully saturated rings. The molecule has 0 aromatic heterocycles. The molecule has 0 spiro atoms. The number of benzene rings is 1. The van der Waals surface area contributed by atoms with Crippen molar-refractivity contribution in [3.8, 4) is 0 Å². The second-order valence-corrected chi connectivity index (χ2v) is 6.94. The van der Waals surface area contributed by atoms with Gasteiger partial charge in [-0.3, -0.25) is 0 Å². The molecule has 1 N–H and O–H groups in total. The van der Waals surface area contributed by atoms with Gasteiger partial charge in [0, 0.05) is 22.7 Å². The molecule has 0 aliphatic carbocycles. The van der Waals surface area contributed by atoms with Crippen molar-refractivity contribution in [2.45, 2.75) is 43.9 Å². The van der Waals surface area contributed by atoms with Crippen molar-refractivity contribution in [2.24, 2.45) is 0 Å². The molecule has 21 heavy (non-hydrogen) atoms. The van der Waals surface area contributed by atoms with E-state index < -0.39 is 12.8 Å². The number of rotatable bonds is 7. The maximum Gasteiger partial charge on any atom is 0.411 e. The molecule has 0 amide bonds. The summed E-state index contributed by atoms with van der Waals surface area (Å²) in [6.45, 7) is 5.98. The van der Waals surface area contributed by atoms with E-state index in [4.69, 9.17) is 0 Å². The van der Waals surface area contributed by atoms with Crippen molar-refractivity contribution in [3.63, 3.8) is 0 Å². The molecule has 1 rings (SSSR count). The zero-order valence-corrected chi connectivity index (χ0v) is 13.4. The molecule has 2 nitrogen and oxygen atoms in total. The fraction of sp³-hybridized carbons (Fsp3) is 0.600. The summed E-state index contributed by atoms with van der Waals surface area (Å²) in [5.41, 5.74) is 1.21. The molecule has 0 atom stereocenters. The Balaban J connectivity index is 2.32. The highest BCUT2D eigenvalue weighted by Gasteiger charge is 2.27. The van der Waals surface area contributed by atoms with Crippen LogP contribution in [0.25, 0.3) is 0 Å². The normalized spacial score (nSPS) is 12.7. The highest BCUT2D eigenvalue weighted by molar-refractivity contribution is 7.99. The van der Waals surface area contributed by atoms with Crippen LogP contribution in [0.4, 0.5) is 13.2 Å². The second kappa shape index (κ2) is 8.06. The maximum atomic E-state index is 11.9. The number of halogens is 3. The lowest BCUT2D eigenvalue weighted by Gasteiger charge is -2.20. The Bertz CT molecular complexity index is 430. The van der Waals surface area contributed by atoms with Crippen molar-refractivity contribution in [2.75, 3.05) is 19.0 Å². The van der Waals surface area contributed by atoms with Crippen molar-refractivity contribution in [3.05, 3.63) is 29.8 Å². The topological polar surface area (TPSA) is 21.3 Å². The third kappa shape index (κ3) is 9.77. The third-order valence-electron chi connectivity index (χ3n) is 2.48. The molecule has 0 aliphatic heterocycles. The minimum Gasteiger partial charge on any atom is -0.371 e. The Morgan fingerprint density at radius 2 is 1.90 bits per heavy atom. The Hall–Kier alpha value is -0.720. The average molecular weight is 321 g/mol. The molecule has 0 saturated heterocycles. The van der Waals surface area contributed by atoms with Crippen LogP contribution in [0.15, 0.2) is 29.2 Å². The van der Waals surface area contributed by atoms with Crippen molar-refractivity contribution >= 4 is 11.8 Å². The van der Waals surface area contributed by atoms with Crippen molar-refractivity contribution in [1.82, 2.24) is 5.32 Å². The molecule has 0 radical (unpaired) electrons. The van der Waals surface area contributed by atoms with E-state index in [1.54, 1.807) is 0 Å². The number of nitrogens with one attached hydrogen (secondary N) is 1. The molecule has 1 aromatic rings. The van der Waals surface area contributed by atoms with E-state index in [1.807, 2.05) is 24.3 Å². The minimum atomic E-state index is -4.25. The van der Waals surface area contributed by atoms with Crippen LogP contribution in [0.1, 0.15) is 26.3 Å². The van der Waals surface area contributed by atoms with Crippen LogP contribution in [0.2, 0.25) is 0 Å². The van der Waals surface area contributed by atoms with Gasteiger partial charge in [0.2, 0.25) is 0 Å². The summed E-state index contributed by atoms with van der Waals surface area (Å²) in [7, 11) is 0. The average Bonchev–Trinajstić information content (AvgIpc) is 2.34. The van der Waals surface area contributed by atoms with E-state index in [0.29, 0.717) is 5.75 Å². The van der Waals surface area contributed by atoms with Crippen LogP contribution in [0.5, 0.6) is 0 Å². The van der Waals surface area contributed by atoms with Gasteiger partial charge in [0.25, 0.3) is 0 Å². The van der Waals surface area contributed by atoms with Gasteiger partial charge in [-0.1, -0.05) is 12.1 Å². The van der Waals surface area contributed by atoms with Crippen LogP contribution >= 0.6 is 11.8 Å². The van der Waals surface area contributed by atoms with E-state index in [0.717, 1.165) is 17.0 Å². The van der Waals surface area contributed by atoms with Crippen LogP contribution < -0.4 is 5.32 Å². The lowest BCUT2D eigenvalue weighted by atomic mass is 10.1. The van der Waals surface area contributed by atoms with E-state index in [2.05, 4.69) is 30.8 Å². The summed E-state index contributed by atoms with van der Waals surface area (Å²) < 4.78 is 40.3. The smallest absolute Gasteiger partial charge is 0.371 e. The van der Waals surface area contributed by atoms with Crippen LogP contribution in [-0.2, 0) is 11.3 Å². The molecular weight excluding hydrogens is 299 g/mol. The van der Waals surface area contributed by atoms with Gasteiger partial charge in [0.05, 0.1) is 6.61 Å². The first kappa shape index (κ1) is 18.3. The summed E-state index contributed by atoms with van der Waals surface area (Å²) in [4.78, 5) is 1.04. The fourth-order valence-corrected chi connectivity index (χ4v) is 2.37. The summed E-state index contributed by atoms with van der Waals surface area (Å²) in [6.07, 6.45) is -4.25. The van der Waals surface area contributed by atoms with Gasteiger partial charge >= 0.3 is 6.18 Å². The zero-order valence-electron chi connectivity index (χ0n) is 12.6. The predicted octanol–water partition coefficient (Wildman–Crippen LogP) is 4.25. The number of hydrogen-bond donors (Lipinski definition) is 1. The number of hydrogen-bond acceptors (Lipinski definition) is 3. The monoisotopic (exact) mass is 321 g/mol. The highest BCUT2D eigenvalue weighted by atomic mass is 32.2. The first-order valence-corrected chi connectivity index (χ1v) is 7.75. The van der Waals surface area contributed by atoms with Crippen LogP contribution in [0, 0.1) is 0 Å². The van der Waals surface area contributed by atoms with Gasteiger partial charge in [0.15, 0.2) is 0 Å². The van der Waals surface area contributed by atoms with Crippen LogP contribution in [0.3, 0.4) is 0 Å². The predicted molar refractivity (Wildman–Crippen MR) is 80.6 cm³/mol. The maximum absolute atomic E-state index is 11.9. The second-order valence-electron chi connectivity index (χ2n) is 5.77. The largest absolute Gasteiger partial charge is 0.411 e. The summed E-state index contributed by atoms with van der Waals surface area (Å²) in [5.74, 6) is 0.506. The summed E-state index contributed by atoms with van der Waals surface area (Å²) in [5, 5.41) is 3.40. The summed E-state index contributed by atoms with van der Waals surface area (Å²) >= 11 is 1.50. The quantitative estimate of drug-likeness (QED) is 0.599. The Morgan fingerprint density at radius 3 is 2.52 bits per heavy atom. The number of alkyl halides is 3. The van der Waals surface area contributed by atoms with Gasteiger partial charge in [0.1, 0.15) is 6.61 Å². The third-order valence-corrected chi connectivity index (χ3v) is 3.44. The van der Waals surface area contributed by atoms with Gasteiger partial charge in [-0.2, -0.15) is 13.2 Å². The van der Waals surface area contributed by atoms with Crippen LogP contribution in [-0.4, -0.2) is 30.7 Å². The fourth-order valence-electron chi connectivity index (χ4n) is 1.52. The van der Waals surface area contributed by atoms with Crippen molar-refractivity contribution < 1.29 is 17.9 Å². The lowest BCUT2D eigenvalue weighted by Crippen LogP contribution is -2.35. The van der Waals surface area contributed by atoms with E-state index in [9.17, 15) is 13.2 Å². The SMILES string of the molecule is CC(C)(C)NCc1cccc(SCCOCC(F)(F)F)c1. The Morgan fingerprint density at radius 1 is 1.19 bits per heavy atom. The van der Waals surface area contributed by atoms with E-state index in [1.165, 1.54) is 11.8 Å². The minimum absolute atomic E-state index is 0.0502. The molecule has 0 saturated carbocycles. The first-order valence-electron chi connectivity index (χ1n) is 6.77. The standard InChI is InChI=1S/C15H22F3NOS/c1-14(2,3)19-10-12-5-4-6-13(9-12)21-8-7-20-11-15(16,17)18/h4-6,9,19H,7-8,10-11H2,1-3H3. The van der Waals surface area contributed by atoms with E-state index in [-0.39, 0.29) is 12.1 Å². The molecule has 6 heteroatoms. The van der Waals surface area contributed by atoms with Crippen molar-refractivity contribution in [1.29, 1.82) is 0 Å². The first-order chi connectivity index (χ1) is 9.66. The number of ether oxygens (including phenoxy) is 1. The molecule has 1 aromatic carbocycles.